The third-order valence-electron chi connectivity index (χ3n) is 6.50. The highest BCUT2D eigenvalue weighted by Gasteiger charge is 2.26. The Hall–Kier alpha value is -3.62. The van der Waals surface area contributed by atoms with E-state index in [0.717, 1.165) is 48.7 Å². The first-order chi connectivity index (χ1) is 18.2. The minimum absolute atomic E-state index is 0.00195. The van der Waals surface area contributed by atoms with Crippen LogP contribution in [0.3, 0.4) is 0 Å². The number of benzene rings is 3. The van der Waals surface area contributed by atoms with Gasteiger partial charge in [0, 0.05) is 27.8 Å². The molecule has 0 atom stereocenters. The van der Waals surface area contributed by atoms with Crippen molar-refractivity contribution >= 4 is 23.4 Å². The maximum atomic E-state index is 12.9. The number of hydrogen-bond acceptors (Lipinski definition) is 7. The fraction of sp³-hybridized carbons (Fsp3) is 0.276. The zero-order valence-corrected chi connectivity index (χ0v) is 21.6. The summed E-state index contributed by atoms with van der Waals surface area (Å²) in [6.07, 6.45) is 1.61. The first-order valence-electron chi connectivity index (χ1n) is 12.4. The minimum atomic E-state index is 0.00195. The van der Waals surface area contributed by atoms with E-state index in [0.29, 0.717) is 18.3 Å². The van der Waals surface area contributed by atoms with Crippen LogP contribution in [-0.2, 0) is 17.1 Å². The van der Waals surface area contributed by atoms with Gasteiger partial charge >= 0.3 is 0 Å². The second kappa shape index (κ2) is 12.1. The number of thioether (sulfide) groups is 1. The highest BCUT2D eigenvalue weighted by Crippen LogP contribution is 2.25. The number of piperidine rings is 1. The van der Waals surface area contributed by atoms with Gasteiger partial charge in [-0.15, -0.1) is 11.8 Å². The molecule has 5 rings (SSSR count). The lowest BCUT2D eigenvalue weighted by atomic mass is 9.96. The number of hydrogen-bond donors (Lipinski definition) is 1. The van der Waals surface area contributed by atoms with Crippen LogP contribution in [0.5, 0.6) is 5.75 Å². The van der Waals surface area contributed by atoms with Crippen molar-refractivity contribution in [2.45, 2.75) is 30.0 Å². The van der Waals surface area contributed by atoms with Gasteiger partial charge in [0.2, 0.25) is 17.6 Å². The van der Waals surface area contributed by atoms with Crippen LogP contribution < -0.4 is 10.1 Å². The molecule has 37 heavy (non-hydrogen) atoms. The van der Waals surface area contributed by atoms with E-state index in [1.165, 1.54) is 10.5 Å². The number of ether oxygens (including phenoxy) is 1. The van der Waals surface area contributed by atoms with Gasteiger partial charge in [-0.25, -0.2) is 0 Å². The predicted octanol–water partition coefficient (Wildman–Crippen LogP) is 5.89. The summed E-state index contributed by atoms with van der Waals surface area (Å²) in [5, 5.41) is 7.20. The molecule has 4 aromatic rings. The number of rotatable bonds is 9. The maximum absolute atomic E-state index is 12.9. The molecule has 1 fully saturated rings. The summed E-state index contributed by atoms with van der Waals surface area (Å²) in [6.45, 7) is 2.21. The van der Waals surface area contributed by atoms with Crippen molar-refractivity contribution in [3.05, 3.63) is 90.3 Å². The van der Waals surface area contributed by atoms with Crippen molar-refractivity contribution < 1.29 is 14.1 Å². The van der Waals surface area contributed by atoms with E-state index in [1.54, 1.807) is 18.9 Å². The average Bonchev–Trinajstić information content (AvgIpc) is 3.42. The van der Waals surface area contributed by atoms with Gasteiger partial charge in [0.05, 0.1) is 13.7 Å². The van der Waals surface area contributed by atoms with Crippen molar-refractivity contribution in [3.8, 4) is 17.1 Å². The normalized spacial score (nSPS) is 14.4. The number of aromatic nitrogens is 2. The first-order valence-corrected chi connectivity index (χ1v) is 13.4. The number of anilines is 1. The van der Waals surface area contributed by atoms with Gasteiger partial charge < -0.3 is 14.6 Å². The molecule has 0 saturated carbocycles. The summed E-state index contributed by atoms with van der Waals surface area (Å²) in [7, 11) is 1.64. The van der Waals surface area contributed by atoms with E-state index in [1.807, 2.05) is 42.5 Å². The van der Waals surface area contributed by atoms with Crippen molar-refractivity contribution in [2.24, 2.45) is 5.92 Å². The van der Waals surface area contributed by atoms with E-state index in [9.17, 15) is 4.79 Å². The molecule has 0 aliphatic carbocycles. The largest absolute Gasteiger partial charge is 0.497 e. The molecule has 0 bridgehead atoms. The first kappa shape index (κ1) is 25.0. The van der Waals surface area contributed by atoms with E-state index in [-0.39, 0.29) is 11.8 Å². The number of amides is 1. The molecular weight excluding hydrogens is 484 g/mol. The van der Waals surface area contributed by atoms with Crippen molar-refractivity contribution in [2.75, 3.05) is 25.5 Å². The molecular formula is C29H30N4O3S. The Morgan fingerprint density at radius 1 is 1.03 bits per heavy atom. The van der Waals surface area contributed by atoms with Gasteiger partial charge in [0.25, 0.3) is 0 Å². The Bertz CT molecular complexity index is 1290. The van der Waals surface area contributed by atoms with Gasteiger partial charge in [0.15, 0.2) is 0 Å². The molecule has 0 unspecified atom stereocenters. The molecule has 0 spiro atoms. The topological polar surface area (TPSA) is 80.5 Å². The molecule has 1 aliphatic heterocycles. The quantitative estimate of drug-likeness (QED) is 0.279. The smallest absolute Gasteiger partial charge is 0.241 e. The van der Waals surface area contributed by atoms with E-state index in [2.05, 4.69) is 56.8 Å². The second-order valence-electron chi connectivity index (χ2n) is 9.08. The monoisotopic (exact) mass is 514 g/mol. The lowest BCUT2D eigenvalue weighted by Gasteiger charge is -2.30. The molecule has 3 aromatic carbocycles. The van der Waals surface area contributed by atoms with Crippen LogP contribution in [0.1, 0.15) is 24.3 Å². The fourth-order valence-corrected chi connectivity index (χ4v) is 5.21. The standard InChI is InChI=1S/C29H30N4O3S/c1-35-25-13-9-22(10-14-25)28-31-27(36-32-28)19-33-17-15-23(16-18-33)29(34)30-24-11-7-21(8-12-24)20-37-26-5-3-2-4-6-26/h2-14,23H,15-20H2,1H3,(H,30,34). The SMILES string of the molecule is COc1ccc(-c2noc(CN3CCC(C(=O)Nc4ccc(CSc5ccccc5)cc4)CC3)n2)cc1. The Morgan fingerprint density at radius 3 is 2.46 bits per heavy atom. The Balaban J connectivity index is 1.06. The third kappa shape index (κ3) is 6.78. The molecule has 1 saturated heterocycles. The van der Waals surface area contributed by atoms with Gasteiger partial charge in [-0.3, -0.25) is 9.69 Å². The highest BCUT2D eigenvalue weighted by atomic mass is 32.2. The lowest BCUT2D eigenvalue weighted by Crippen LogP contribution is -2.37. The van der Waals surface area contributed by atoms with E-state index >= 15 is 0 Å². The molecule has 7 nitrogen and oxygen atoms in total. The highest BCUT2D eigenvalue weighted by molar-refractivity contribution is 7.98. The third-order valence-corrected chi connectivity index (χ3v) is 7.59. The van der Waals surface area contributed by atoms with E-state index in [4.69, 9.17) is 9.26 Å². The Labute approximate surface area is 221 Å². The molecule has 1 amide bonds. The number of nitrogens with one attached hydrogen (secondary N) is 1. The molecule has 0 radical (unpaired) electrons. The predicted molar refractivity (Wildman–Crippen MR) is 145 cm³/mol. The van der Waals surface area contributed by atoms with Crippen molar-refractivity contribution in [1.29, 1.82) is 0 Å². The lowest BCUT2D eigenvalue weighted by molar-refractivity contribution is -0.121. The van der Waals surface area contributed by atoms with E-state index < -0.39 is 0 Å². The van der Waals surface area contributed by atoms with Crippen LogP contribution in [0, 0.1) is 5.92 Å². The summed E-state index contributed by atoms with van der Waals surface area (Å²) in [4.78, 5) is 20.9. The number of methoxy groups -OCH3 is 1. The minimum Gasteiger partial charge on any atom is -0.497 e. The van der Waals surface area contributed by atoms with Gasteiger partial charge in [-0.05, 0) is 80.0 Å². The fourth-order valence-electron chi connectivity index (χ4n) is 4.33. The summed E-state index contributed by atoms with van der Waals surface area (Å²) in [6, 6.07) is 26.1. The van der Waals surface area contributed by atoms with Crippen LogP contribution >= 0.6 is 11.8 Å². The molecule has 1 aromatic heterocycles. The summed E-state index contributed by atoms with van der Waals surface area (Å²) in [5.74, 6) is 2.93. The van der Waals surface area contributed by atoms with Gasteiger partial charge in [0.1, 0.15) is 5.75 Å². The number of carbonyl (C=O) groups is 1. The molecule has 1 aliphatic rings. The summed E-state index contributed by atoms with van der Waals surface area (Å²) in [5.41, 5.74) is 2.96. The molecule has 8 heteroatoms. The molecule has 1 N–H and O–H groups in total. The summed E-state index contributed by atoms with van der Waals surface area (Å²) >= 11 is 1.81. The maximum Gasteiger partial charge on any atom is 0.241 e. The Morgan fingerprint density at radius 2 is 1.76 bits per heavy atom. The van der Waals surface area contributed by atoms with Gasteiger partial charge in [-0.2, -0.15) is 4.98 Å². The van der Waals surface area contributed by atoms with Crippen LogP contribution in [0.25, 0.3) is 11.4 Å². The second-order valence-corrected chi connectivity index (χ2v) is 10.1. The zero-order valence-electron chi connectivity index (χ0n) is 20.8. The number of nitrogens with zero attached hydrogens (tertiary/aromatic N) is 3. The number of likely N-dealkylation sites (tertiary alicyclic amines) is 1. The van der Waals surface area contributed by atoms with Crippen LogP contribution in [0.2, 0.25) is 0 Å². The summed E-state index contributed by atoms with van der Waals surface area (Å²) < 4.78 is 10.7. The van der Waals surface area contributed by atoms with Crippen LogP contribution in [0.15, 0.2) is 88.3 Å². The average molecular weight is 515 g/mol. The van der Waals surface area contributed by atoms with Gasteiger partial charge in [-0.1, -0.05) is 35.5 Å². The number of carbonyl (C=O) groups excluding carboxylic acids is 1. The Kier molecular flexibility index (Phi) is 8.18. The van der Waals surface area contributed by atoms with Crippen molar-refractivity contribution in [3.63, 3.8) is 0 Å². The molecule has 2 heterocycles. The van der Waals surface area contributed by atoms with Crippen molar-refractivity contribution in [1.82, 2.24) is 15.0 Å². The van der Waals surface area contributed by atoms with Crippen LogP contribution in [0.4, 0.5) is 5.69 Å². The molecule has 190 valence electrons. The van der Waals surface area contributed by atoms with Crippen LogP contribution in [-0.4, -0.2) is 41.1 Å². The zero-order chi connectivity index (χ0) is 25.5.